The third-order valence-electron chi connectivity index (χ3n) is 4.78. The first-order valence-electron chi connectivity index (χ1n) is 9.35. The summed E-state index contributed by atoms with van der Waals surface area (Å²) in [6, 6.07) is 0.0716. The van der Waals surface area contributed by atoms with Crippen LogP contribution in [0.5, 0.6) is 0 Å². The van der Waals surface area contributed by atoms with E-state index >= 15 is 0 Å². The zero-order chi connectivity index (χ0) is 20.4. The molecule has 8 nitrogen and oxygen atoms in total. The Balaban J connectivity index is 1.67. The first-order chi connectivity index (χ1) is 13.4. The third kappa shape index (κ3) is 3.86. The fourth-order valence-corrected chi connectivity index (χ4v) is 4.57. The quantitative estimate of drug-likeness (QED) is 0.661. The monoisotopic (exact) mass is 425 g/mol. The van der Waals surface area contributed by atoms with E-state index in [-0.39, 0.29) is 29.8 Å². The summed E-state index contributed by atoms with van der Waals surface area (Å²) in [7, 11) is 0. The van der Waals surface area contributed by atoms with Crippen LogP contribution in [0.3, 0.4) is 0 Å². The van der Waals surface area contributed by atoms with Crippen molar-refractivity contribution >= 4 is 39.9 Å². The molecule has 3 heterocycles. The van der Waals surface area contributed by atoms with Crippen molar-refractivity contribution < 1.29 is 14.3 Å². The lowest BCUT2D eigenvalue weighted by Gasteiger charge is -2.47. The molecule has 3 rings (SSSR count). The van der Waals surface area contributed by atoms with Crippen LogP contribution in [0, 0.1) is 6.92 Å². The Morgan fingerprint density at radius 1 is 1.36 bits per heavy atom. The van der Waals surface area contributed by atoms with Gasteiger partial charge >= 0.3 is 5.97 Å². The van der Waals surface area contributed by atoms with Gasteiger partial charge in [0, 0.05) is 6.54 Å². The van der Waals surface area contributed by atoms with Gasteiger partial charge in [-0.3, -0.25) is 4.79 Å². The Bertz CT molecular complexity index is 881. The van der Waals surface area contributed by atoms with Crippen LogP contribution in [0.15, 0.2) is 0 Å². The summed E-state index contributed by atoms with van der Waals surface area (Å²) in [5.74, 6) is -0.388. The summed E-state index contributed by atoms with van der Waals surface area (Å²) in [6.45, 7) is 8.53. The second-order valence-corrected chi connectivity index (χ2v) is 7.88. The Kier molecular flexibility index (Phi) is 6.24. The maximum atomic E-state index is 12.5. The van der Waals surface area contributed by atoms with Gasteiger partial charge in [0.1, 0.15) is 4.88 Å². The van der Waals surface area contributed by atoms with Crippen molar-refractivity contribution in [2.45, 2.75) is 52.6 Å². The van der Waals surface area contributed by atoms with E-state index in [0.717, 1.165) is 17.2 Å². The van der Waals surface area contributed by atoms with Gasteiger partial charge in [-0.15, -0.1) is 0 Å². The van der Waals surface area contributed by atoms with Crippen LogP contribution in [-0.2, 0) is 11.2 Å². The number of nitrogens with zero attached hydrogens (tertiary/aromatic N) is 3. The molecule has 1 aliphatic heterocycles. The lowest BCUT2D eigenvalue weighted by atomic mass is 9.94. The number of hydrogen-bond donors (Lipinski definition) is 2. The molecule has 0 aromatic carbocycles. The molecule has 0 radical (unpaired) electrons. The Morgan fingerprint density at radius 3 is 2.71 bits per heavy atom. The maximum absolute atomic E-state index is 12.5. The molecular weight excluding hydrogens is 402 g/mol. The molecule has 0 spiro atoms. The minimum absolute atomic E-state index is 0.0262. The number of rotatable bonds is 7. The Hall–Kier alpha value is -2.13. The van der Waals surface area contributed by atoms with Crippen molar-refractivity contribution in [2.24, 2.45) is 0 Å². The summed E-state index contributed by atoms with van der Waals surface area (Å²) in [5, 5.41) is 4.12. The van der Waals surface area contributed by atoms with E-state index in [4.69, 9.17) is 16.3 Å². The Labute approximate surface area is 172 Å². The number of carbonyl (C=O) groups is 2. The second-order valence-electron chi connectivity index (χ2n) is 6.55. The topological polar surface area (TPSA) is 100 Å². The fraction of sp³-hybridized carbons (Fsp3) is 0.556. The lowest BCUT2D eigenvalue weighted by Crippen LogP contribution is -2.66. The first kappa shape index (κ1) is 20.6. The number of amides is 1. The van der Waals surface area contributed by atoms with E-state index in [1.807, 2.05) is 6.92 Å². The summed E-state index contributed by atoms with van der Waals surface area (Å²) in [4.78, 5) is 38.7. The fourth-order valence-electron chi connectivity index (χ4n) is 3.27. The zero-order valence-corrected chi connectivity index (χ0v) is 17.9. The Morgan fingerprint density at radius 2 is 2.11 bits per heavy atom. The molecule has 2 atom stereocenters. The number of hydrogen-bond acceptors (Lipinski definition) is 7. The molecule has 0 saturated carbocycles. The lowest BCUT2D eigenvalue weighted by molar-refractivity contribution is 0.0531. The number of esters is 1. The van der Waals surface area contributed by atoms with Crippen molar-refractivity contribution in [2.75, 3.05) is 18.1 Å². The minimum Gasteiger partial charge on any atom is -0.462 e. The number of halogens is 1. The summed E-state index contributed by atoms with van der Waals surface area (Å²) in [5.41, 5.74) is 1.41. The summed E-state index contributed by atoms with van der Waals surface area (Å²) >= 11 is 7.35. The number of aromatic nitrogens is 3. The van der Waals surface area contributed by atoms with Gasteiger partial charge in [-0.25, -0.2) is 14.8 Å². The third-order valence-corrected chi connectivity index (χ3v) is 6.27. The molecule has 2 N–H and O–H groups in total. The zero-order valence-electron chi connectivity index (χ0n) is 16.3. The number of imidazole rings is 1. The average Bonchev–Trinajstić information content (AvgIpc) is 3.21. The van der Waals surface area contributed by atoms with Crippen LogP contribution in [0.25, 0.3) is 0 Å². The molecule has 28 heavy (non-hydrogen) atoms. The number of anilines is 1. The maximum Gasteiger partial charge on any atom is 0.350 e. The van der Waals surface area contributed by atoms with Crippen molar-refractivity contribution in [3.8, 4) is 0 Å². The van der Waals surface area contributed by atoms with Crippen molar-refractivity contribution in [1.82, 2.24) is 20.3 Å². The largest absolute Gasteiger partial charge is 0.462 e. The highest BCUT2D eigenvalue weighted by molar-refractivity contribution is 7.17. The number of carbonyl (C=O) groups excluding carboxylic acids is 2. The molecule has 1 fully saturated rings. The van der Waals surface area contributed by atoms with Crippen molar-refractivity contribution in [3.05, 3.63) is 27.2 Å². The van der Waals surface area contributed by atoms with Gasteiger partial charge in [-0.2, -0.15) is 0 Å². The van der Waals surface area contributed by atoms with Gasteiger partial charge in [-0.05, 0) is 26.7 Å². The molecule has 1 amide bonds. The van der Waals surface area contributed by atoms with Crippen LogP contribution >= 0.6 is 22.9 Å². The normalized spacial score (nSPS) is 18.7. The molecule has 0 bridgehead atoms. The molecule has 152 valence electrons. The average molecular weight is 426 g/mol. The standard InChI is InChI=1S/C18H24ClN5O3S/c1-5-10-14(19)23-15(21-10)16(25)22-11-8-24(12(11)6-2)18-20-9(4)13(28-18)17(26)27-7-3/h11-12H,5-8H2,1-4H3,(H,21,23)(H,22,25)/t11-,12-/m1/s1. The highest BCUT2D eigenvalue weighted by Crippen LogP contribution is 2.34. The molecule has 0 unspecified atom stereocenters. The number of thiazole rings is 1. The highest BCUT2D eigenvalue weighted by atomic mass is 35.5. The van der Waals surface area contributed by atoms with Gasteiger partial charge < -0.3 is 19.9 Å². The van der Waals surface area contributed by atoms with E-state index < -0.39 is 0 Å². The molecule has 2 aromatic heterocycles. The van der Waals surface area contributed by atoms with Crippen LogP contribution in [-0.4, -0.2) is 52.1 Å². The molecule has 10 heteroatoms. The van der Waals surface area contributed by atoms with Crippen LogP contribution in [0.2, 0.25) is 5.15 Å². The molecule has 0 aliphatic carbocycles. The van der Waals surface area contributed by atoms with Crippen molar-refractivity contribution in [3.63, 3.8) is 0 Å². The molecule has 1 aliphatic rings. The number of H-pyrrole nitrogens is 1. The van der Waals surface area contributed by atoms with E-state index in [1.54, 1.807) is 13.8 Å². The van der Waals surface area contributed by atoms with E-state index in [1.165, 1.54) is 11.3 Å². The molecule has 2 aromatic rings. The van der Waals surface area contributed by atoms with Gasteiger partial charge in [0.15, 0.2) is 16.1 Å². The predicted molar refractivity (Wildman–Crippen MR) is 108 cm³/mol. The summed E-state index contributed by atoms with van der Waals surface area (Å²) in [6.07, 6.45) is 1.51. The van der Waals surface area contributed by atoms with Gasteiger partial charge in [0.25, 0.3) is 5.91 Å². The summed E-state index contributed by atoms with van der Waals surface area (Å²) < 4.78 is 5.08. The SMILES string of the molecule is CCOC(=O)c1sc(N2C[C@@H](NC(=O)c3nc(Cl)c(CC)[nH]3)[C@H]2CC)nc1C. The van der Waals surface area contributed by atoms with Gasteiger partial charge in [-0.1, -0.05) is 36.8 Å². The van der Waals surface area contributed by atoms with Gasteiger partial charge in [0.05, 0.1) is 30.1 Å². The van der Waals surface area contributed by atoms with Crippen LogP contribution in [0.4, 0.5) is 5.13 Å². The molecule has 1 saturated heterocycles. The second kappa shape index (κ2) is 8.48. The van der Waals surface area contributed by atoms with E-state index in [9.17, 15) is 9.59 Å². The smallest absolute Gasteiger partial charge is 0.350 e. The van der Waals surface area contributed by atoms with E-state index in [0.29, 0.717) is 35.3 Å². The van der Waals surface area contributed by atoms with Crippen LogP contribution < -0.4 is 10.2 Å². The predicted octanol–water partition coefficient (Wildman–Crippen LogP) is 2.96. The van der Waals surface area contributed by atoms with Crippen molar-refractivity contribution in [1.29, 1.82) is 0 Å². The number of ether oxygens (including phenoxy) is 1. The van der Waals surface area contributed by atoms with E-state index in [2.05, 4.69) is 32.1 Å². The van der Waals surface area contributed by atoms with Gasteiger partial charge in [0.2, 0.25) is 0 Å². The first-order valence-corrected chi connectivity index (χ1v) is 10.5. The number of nitrogens with one attached hydrogen (secondary N) is 2. The molecular formula is C18H24ClN5O3S. The minimum atomic E-state index is -0.344. The highest BCUT2D eigenvalue weighted by Gasteiger charge is 2.41. The van der Waals surface area contributed by atoms with Crippen LogP contribution in [0.1, 0.15) is 58.9 Å². The number of aromatic amines is 1. The number of aryl methyl sites for hydroxylation is 2.